The third-order valence-electron chi connectivity index (χ3n) is 4.07. The number of aryl methyl sites for hydroxylation is 1. The minimum absolute atomic E-state index is 0. The first-order chi connectivity index (χ1) is 10.2. The van der Waals surface area contributed by atoms with Gasteiger partial charge in [-0.25, -0.2) is 0 Å². The van der Waals surface area contributed by atoms with Gasteiger partial charge in [0.15, 0.2) is 0 Å². The standard InChI is InChI=1S/C16H16N2O2S.ClH/c1-9-6-10-7-11(8-14-17-4-5-21-14)20-16(10)12-2-3-13(19)18-15(9)12;/h2-4,6,11,14H,5,7-8H2,1H3,(H,18,19);1H. The molecule has 2 unspecified atom stereocenters. The molecule has 0 aliphatic carbocycles. The number of rotatable bonds is 2. The molecule has 0 bridgehead atoms. The molecule has 0 fully saturated rings. The van der Waals surface area contributed by atoms with Gasteiger partial charge in [0, 0.05) is 36.3 Å². The number of nitrogens with one attached hydrogen (secondary N) is 1. The summed E-state index contributed by atoms with van der Waals surface area (Å²) in [5.41, 5.74) is 3.15. The number of hydrogen-bond donors (Lipinski definition) is 1. The van der Waals surface area contributed by atoms with Gasteiger partial charge in [0.1, 0.15) is 11.9 Å². The number of thioether (sulfide) groups is 1. The van der Waals surface area contributed by atoms with Crippen LogP contribution in [0.15, 0.2) is 28.0 Å². The summed E-state index contributed by atoms with van der Waals surface area (Å²) in [7, 11) is 0. The third kappa shape index (κ3) is 2.63. The van der Waals surface area contributed by atoms with Crippen molar-refractivity contribution in [3.63, 3.8) is 0 Å². The van der Waals surface area contributed by atoms with Crippen molar-refractivity contribution in [1.82, 2.24) is 4.98 Å². The summed E-state index contributed by atoms with van der Waals surface area (Å²) in [4.78, 5) is 18.9. The molecule has 0 saturated carbocycles. The number of halogens is 1. The van der Waals surface area contributed by atoms with Crippen molar-refractivity contribution in [2.45, 2.75) is 31.2 Å². The van der Waals surface area contributed by atoms with Gasteiger partial charge in [0.25, 0.3) is 0 Å². The number of H-pyrrole nitrogens is 1. The zero-order valence-corrected chi connectivity index (χ0v) is 13.8. The summed E-state index contributed by atoms with van der Waals surface area (Å²) < 4.78 is 6.17. The molecular weight excluding hydrogens is 320 g/mol. The van der Waals surface area contributed by atoms with Crippen LogP contribution in [0.3, 0.4) is 0 Å². The Morgan fingerprint density at radius 3 is 3.09 bits per heavy atom. The van der Waals surface area contributed by atoms with Crippen LogP contribution in [0, 0.1) is 6.92 Å². The van der Waals surface area contributed by atoms with Gasteiger partial charge < -0.3 is 9.72 Å². The second-order valence-electron chi connectivity index (χ2n) is 5.59. The molecule has 0 spiro atoms. The lowest BCUT2D eigenvalue weighted by Crippen LogP contribution is -2.17. The molecule has 2 aliphatic heterocycles. The molecule has 0 saturated heterocycles. The number of pyridine rings is 1. The van der Waals surface area contributed by atoms with Crippen LogP contribution in [0.2, 0.25) is 0 Å². The molecule has 2 atom stereocenters. The lowest BCUT2D eigenvalue weighted by molar-refractivity contribution is 0.223. The quantitative estimate of drug-likeness (QED) is 0.916. The first-order valence-electron chi connectivity index (χ1n) is 7.16. The van der Waals surface area contributed by atoms with Crippen molar-refractivity contribution < 1.29 is 4.74 Å². The maximum Gasteiger partial charge on any atom is 0.248 e. The van der Waals surface area contributed by atoms with Gasteiger partial charge in [0.05, 0.1) is 10.9 Å². The van der Waals surface area contributed by atoms with E-state index in [-0.39, 0.29) is 24.1 Å². The van der Waals surface area contributed by atoms with Gasteiger partial charge in [-0.2, -0.15) is 0 Å². The van der Waals surface area contributed by atoms with Crippen molar-refractivity contribution in [2.75, 3.05) is 5.75 Å². The van der Waals surface area contributed by atoms with Crippen molar-refractivity contribution in [3.05, 3.63) is 39.7 Å². The number of nitrogens with zero attached hydrogens (tertiary/aromatic N) is 1. The van der Waals surface area contributed by atoms with Gasteiger partial charge in [0.2, 0.25) is 5.56 Å². The van der Waals surface area contributed by atoms with E-state index in [1.807, 2.05) is 31.0 Å². The predicted octanol–water partition coefficient (Wildman–Crippen LogP) is 3.10. The molecular formula is C16H17ClN2O2S. The number of aromatic nitrogens is 1. The molecule has 3 heterocycles. The maximum atomic E-state index is 11.5. The van der Waals surface area contributed by atoms with Crippen LogP contribution in [0.1, 0.15) is 17.5 Å². The number of fused-ring (bicyclic) bond motifs is 3. The van der Waals surface area contributed by atoms with Gasteiger partial charge >= 0.3 is 0 Å². The molecule has 116 valence electrons. The average Bonchev–Trinajstić information content (AvgIpc) is 3.09. The zero-order chi connectivity index (χ0) is 14.4. The summed E-state index contributed by atoms with van der Waals surface area (Å²) in [6, 6.07) is 5.57. The molecule has 1 aromatic carbocycles. The largest absolute Gasteiger partial charge is 0.489 e. The van der Waals surface area contributed by atoms with Crippen LogP contribution in [0.5, 0.6) is 5.75 Å². The van der Waals surface area contributed by atoms with E-state index in [0.717, 1.165) is 40.8 Å². The Balaban J connectivity index is 0.00000144. The number of hydrogen-bond acceptors (Lipinski definition) is 4. The van der Waals surface area contributed by atoms with Crippen LogP contribution >= 0.6 is 24.2 Å². The van der Waals surface area contributed by atoms with E-state index in [1.165, 1.54) is 5.56 Å². The van der Waals surface area contributed by atoms with E-state index < -0.39 is 0 Å². The molecule has 1 aromatic heterocycles. The molecule has 6 heteroatoms. The topological polar surface area (TPSA) is 54.5 Å². The van der Waals surface area contributed by atoms with E-state index in [4.69, 9.17) is 4.74 Å². The Morgan fingerprint density at radius 2 is 2.32 bits per heavy atom. The highest BCUT2D eigenvalue weighted by Gasteiger charge is 2.28. The van der Waals surface area contributed by atoms with Crippen molar-refractivity contribution >= 4 is 41.3 Å². The molecule has 22 heavy (non-hydrogen) atoms. The lowest BCUT2D eigenvalue weighted by Gasteiger charge is -2.14. The molecule has 4 rings (SSSR count). The fourth-order valence-corrected chi connectivity index (χ4v) is 4.05. The summed E-state index contributed by atoms with van der Waals surface area (Å²) in [6.45, 7) is 2.03. The van der Waals surface area contributed by atoms with Crippen LogP contribution in [-0.2, 0) is 6.42 Å². The minimum atomic E-state index is -0.0724. The Hall–Kier alpha value is -1.46. The highest BCUT2D eigenvalue weighted by atomic mass is 35.5. The second kappa shape index (κ2) is 5.97. The monoisotopic (exact) mass is 336 g/mol. The first-order valence-corrected chi connectivity index (χ1v) is 8.21. The Morgan fingerprint density at radius 1 is 1.45 bits per heavy atom. The molecule has 4 nitrogen and oxygen atoms in total. The fourth-order valence-electron chi connectivity index (χ4n) is 3.13. The van der Waals surface area contributed by atoms with Crippen LogP contribution < -0.4 is 10.3 Å². The molecule has 2 aliphatic rings. The number of aliphatic imine (C=N–C) groups is 1. The van der Waals surface area contributed by atoms with Gasteiger partial charge in [-0.3, -0.25) is 9.79 Å². The van der Waals surface area contributed by atoms with Crippen LogP contribution in [0.25, 0.3) is 10.9 Å². The summed E-state index contributed by atoms with van der Waals surface area (Å²) >= 11 is 1.87. The van der Waals surface area contributed by atoms with Crippen LogP contribution in [-0.4, -0.2) is 28.4 Å². The zero-order valence-electron chi connectivity index (χ0n) is 12.2. The van der Waals surface area contributed by atoms with Crippen LogP contribution in [0.4, 0.5) is 0 Å². The Labute approximate surface area is 138 Å². The van der Waals surface area contributed by atoms with Crippen molar-refractivity contribution in [3.8, 4) is 5.75 Å². The molecule has 0 radical (unpaired) electrons. The van der Waals surface area contributed by atoms with E-state index in [2.05, 4.69) is 16.0 Å². The molecule has 1 N–H and O–H groups in total. The number of benzene rings is 1. The fraction of sp³-hybridized carbons (Fsp3) is 0.375. The first kappa shape index (κ1) is 15.4. The smallest absolute Gasteiger partial charge is 0.248 e. The van der Waals surface area contributed by atoms with Gasteiger partial charge in [-0.1, -0.05) is 6.07 Å². The predicted molar refractivity (Wildman–Crippen MR) is 94.0 cm³/mol. The van der Waals surface area contributed by atoms with Gasteiger partial charge in [-0.05, 0) is 24.1 Å². The summed E-state index contributed by atoms with van der Waals surface area (Å²) in [5.74, 6) is 1.94. The molecule has 2 aromatic rings. The number of ether oxygens (including phenoxy) is 1. The maximum absolute atomic E-state index is 11.5. The van der Waals surface area contributed by atoms with E-state index in [1.54, 1.807) is 6.07 Å². The van der Waals surface area contributed by atoms with Gasteiger partial charge in [-0.15, -0.1) is 24.2 Å². The average molecular weight is 337 g/mol. The van der Waals surface area contributed by atoms with Crippen molar-refractivity contribution in [1.29, 1.82) is 0 Å². The summed E-state index contributed by atoms with van der Waals surface area (Å²) in [5, 5.41) is 1.34. The highest BCUT2D eigenvalue weighted by molar-refractivity contribution is 8.00. The number of aromatic amines is 1. The minimum Gasteiger partial charge on any atom is -0.489 e. The van der Waals surface area contributed by atoms with E-state index in [9.17, 15) is 4.79 Å². The molecule has 0 amide bonds. The van der Waals surface area contributed by atoms with E-state index >= 15 is 0 Å². The van der Waals surface area contributed by atoms with Crippen molar-refractivity contribution in [2.24, 2.45) is 4.99 Å². The lowest BCUT2D eigenvalue weighted by atomic mass is 10.0. The SMILES string of the molecule is Cc1cc2c(c3ccc(=O)[nH]c13)OC(CC1N=CCS1)C2.Cl. The Kier molecular flexibility index (Phi) is 4.19. The third-order valence-corrected chi connectivity index (χ3v) is 5.11. The van der Waals surface area contributed by atoms with E-state index in [0.29, 0.717) is 5.37 Å². The second-order valence-corrected chi connectivity index (χ2v) is 6.80. The summed E-state index contributed by atoms with van der Waals surface area (Å²) in [6.07, 6.45) is 4.05. The normalized spacial score (nSPS) is 22.4. The Bertz CT molecular complexity index is 803. The highest BCUT2D eigenvalue weighted by Crippen LogP contribution is 2.39.